The molecule has 1 unspecified atom stereocenters. The molecule has 0 heterocycles. The SMILES string of the molecule is Cc1cc(F)c(C(N)c2cc(Br)ccc2C)cc1F. The Hall–Kier alpha value is -1.26. The van der Waals surface area contributed by atoms with E-state index in [0.29, 0.717) is 0 Å². The van der Waals surface area contributed by atoms with Gasteiger partial charge in [0.05, 0.1) is 6.04 Å². The topological polar surface area (TPSA) is 26.0 Å². The lowest BCUT2D eigenvalue weighted by Gasteiger charge is -2.17. The highest BCUT2D eigenvalue weighted by molar-refractivity contribution is 9.10. The van der Waals surface area contributed by atoms with Gasteiger partial charge < -0.3 is 5.73 Å². The number of nitrogens with two attached hydrogens (primary N) is 1. The van der Waals surface area contributed by atoms with E-state index in [1.165, 1.54) is 19.1 Å². The van der Waals surface area contributed by atoms with Crippen molar-refractivity contribution >= 4 is 15.9 Å². The summed E-state index contributed by atoms with van der Waals surface area (Å²) in [7, 11) is 0. The van der Waals surface area contributed by atoms with Gasteiger partial charge in [0.25, 0.3) is 0 Å². The Balaban J connectivity index is 2.52. The Bertz CT molecular complexity index is 626. The van der Waals surface area contributed by atoms with Crippen LogP contribution in [0.3, 0.4) is 0 Å². The first-order chi connectivity index (χ1) is 8.90. The van der Waals surface area contributed by atoms with Gasteiger partial charge >= 0.3 is 0 Å². The molecule has 2 rings (SSSR count). The van der Waals surface area contributed by atoms with Crippen LogP contribution < -0.4 is 5.73 Å². The van der Waals surface area contributed by atoms with Crippen LogP contribution in [0.25, 0.3) is 0 Å². The summed E-state index contributed by atoms with van der Waals surface area (Å²) >= 11 is 3.36. The van der Waals surface area contributed by atoms with Gasteiger partial charge in [-0.1, -0.05) is 22.0 Å². The van der Waals surface area contributed by atoms with E-state index in [4.69, 9.17) is 5.73 Å². The zero-order valence-corrected chi connectivity index (χ0v) is 12.3. The summed E-state index contributed by atoms with van der Waals surface area (Å²) in [5.74, 6) is -0.926. The summed E-state index contributed by atoms with van der Waals surface area (Å²) in [6.07, 6.45) is 0. The first-order valence-electron chi connectivity index (χ1n) is 5.87. The number of aryl methyl sites for hydroxylation is 2. The maximum atomic E-state index is 13.9. The third-order valence-electron chi connectivity index (χ3n) is 3.19. The van der Waals surface area contributed by atoms with Crippen molar-refractivity contribution in [3.8, 4) is 0 Å². The summed E-state index contributed by atoms with van der Waals surface area (Å²) in [6, 6.07) is 7.27. The van der Waals surface area contributed by atoms with E-state index >= 15 is 0 Å². The highest BCUT2D eigenvalue weighted by atomic mass is 79.9. The first-order valence-corrected chi connectivity index (χ1v) is 6.66. The molecular formula is C15H14BrF2N. The van der Waals surface area contributed by atoms with Gasteiger partial charge in [0.15, 0.2) is 0 Å². The van der Waals surface area contributed by atoms with Crippen molar-refractivity contribution in [1.29, 1.82) is 0 Å². The molecule has 0 radical (unpaired) electrons. The lowest BCUT2D eigenvalue weighted by atomic mass is 9.94. The van der Waals surface area contributed by atoms with Crippen molar-refractivity contribution in [2.75, 3.05) is 0 Å². The fraction of sp³-hybridized carbons (Fsp3) is 0.200. The molecule has 2 aromatic carbocycles. The van der Waals surface area contributed by atoms with Crippen LogP contribution in [0.2, 0.25) is 0 Å². The maximum Gasteiger partial charge on any atom is 0.128 e. The van der Waals surface area contributed by atoms with Crippen LogP contribution in [0.15, 0.2) is 34.8 Å². The Morgan fingerprint density at radius 2 is 1.63 bits per heavy atom. The molecule has 100 valence electrons. The molecular weight excluding hydrogens is 312 g/mol. The summed E-state index contributed by atoms with van der Waals surface area (Å²) in [5.41, 5.74) is 8.24. The molecule has 0 saturated heterocycles. The molecule has 0 saturated carbocycles. The molecule has 0 fully saturated rings. The molecule has 0 aliphatic rings. The van der Waals surface area contributed by atoms with Crippen molar-refractivity contribution in [2.24, 2.45) is 5.73 Å². The van der Waals surface area contributed by atoms with Crippen LogP contribution in [0.5, 0.6) is 0 Å². The van der Waals surface area contributed by atoms with Crippen molar-refractivity contribution in [3.05, 3.63) is 68.7 Å². The second-order valence-corrected chi connectivity index (χ2v) is 5.52. The van der Waals surface area contributed by atoms with Gasteiger partial charge in [0, 0.05) is 10.0 Å². The highest BCUT2D eigenvalue weighted by Crippen LogP contribution is 2.28. The fourth-order valence-corrected chi connectivity index (χ4v) is 2.39. The quantitative estimate of drug-likeness (QED) is 0.870. The minimum absolute atomic E-state index is 0.171. The van der Waals surface area contributed by atoms with E-state index in [1.54, 1.807) is 0 Å². The van der Waals surface area contributed by atoms with Gasteiger partial charge in [-0.15, -0.1) is 0 Å². The maximum absolute atomic E-state index is 13.9. The smallest absolute Gasteiger partial charge is 0.128 e. The second kappa shape index (κ2) is 5.39. The fourth-order valence-electron chi connectivity index (χ4n) is 2.01. The molecule has 4 heteroatoms. The third kappa shape index (κ3) is 2.85. The number of hydrogen-bond acceptors (Lipinski definition) is 1. The van der Waals surface area contributed by atoms with E-state index in [1.807, 2.05) is 25.1 Å². The molecule has 19 heavy (non-hydrogen) atoms. The second-order valence-electron chi connectivity index (χ2n) is 4.60. The molecule has 2 N–H and O–H groups in total. The van der Waals surface area contributed by atoms with Crippen molar-refractivity contribution in [1.82, 2.24) is 0 Å². The molecule has 0 aromatic heterocycles. The van der Waals surface area contributed by atoms with Gasteiger partial charge in [0.2, 0.25) is 0 Å². The van der Waals surface area contributed by atoms with Gasteiger partial charge in [0.1, 0.15) is 11.6 Å². The summed E-state index contributed by atoms with van der Waals surface area (Å²) < 4.78 is 28.4. The van der Waals surface area contributed by atoms with Crippen LogP contribution in [-0.2, 0) is 0 Å². The van der Waals surface area contributed by atoms with E-state index in [-0.39, 0.29) is 11.1 Å². The van der Waals surface area contributed by atoms with Crippen LogP contribution in [-0.4, -0.2) is 0 Å². The molecule has 0 amide bonds. The van der Waals surface area contributed by atoms with E-state index in [9.17, 15) is 8.78 Å². The van der Waals surface area contributed by atoms with Crippen LogP contribution in [0.1, 0.15) is 28.3 Å². The normalized spacial score (nSPS) is 12.5. The van der Waals surface area contributed by atoms with Crippen LogP contribution in [0.4, 0.5) is 8.78 Å². The average molecular weight is 326 g/mol. The Morgan fingerprint density at radius 1 is 0.947 bits per heavy atom. The number of benzene rings is 2. The lowest BCUT2D eigenvalue weighted by Crippen LogP contribution is -2.15. The van der Waals surface area contributed by atoms with Crippen LogP contribution in [0, 0.1) is 25.5 Å². The van der Waals surface area contributed by atoms with E-state index in [0.717, 1.165) is 15.6 Å². The number of rotatable bonds is 2. The monoisotopic (exact) mass is 325 g/mol. The summed E-state index contributed by atoms with van der Waals surface area (Å²) in [5, 5.41) is 0. The van der Waals surface area contributed by atoms with E-state index in [2.05, 4.69) is 15.9 Å². The van der Waals surface area contributed by atoms with Gasteiger partial charge in [-0.05, 0) is 54.8 Å². The highest BCUT2D eigenvalue weighted by Gasteiger charge is 2.17. The van der Waals surface area contributed by atoms with Crippen molar-refractivity contribution in [2.45, 2.75) is 19.9 Å². The summed E-state index contributed by atoms with van der Waals surface area (Å²) in [4.78, 5) is 0. The Kier molecular flexibility index (Phi) is 4.02. The zero-order chi connectivity index (χ0) is 14.2. The lowest BCUT2D eigenvalue weighted by molar-refractivity contribution is 0.570. The third-order valence-corrected chi connectivity index (χ3v) is 3.68. The average Bonchev–Trinajstić information content (AvgIpc) is 2.36. The predicted molar refractivity (Wildman–Crippen MR) is 76.0 cm³/mol. The number of hydrogen-bond donors (Lipinski definition) is 1. The molecule has 1 nitrogen and oxygen atoms in total. The zero-order valence-electron chi connectivity index (χ0n) is 10.7. The molecule has 0 spiro atoms. The van der Waals surface area contributed by atoms with E-state index < -0.39 is 17.7 Å². The minimum Gasteiger partial charge on any atom is -0.320 e. The first kappa shape index (κ1) is 14.2. The predicted octanol–water partition coefficient (Wildman–Crippen LogP) is 4.39. The number of halogens is 3. The van der Waals surface area contributed by atoms with Crippen LogP contribution >= 0.6 is 15.9 Å². The van der Waals surface area contributed by atoms with Gasteiger partial charge in [-0.2, -0.15) is 0 Å². The summed E-state index contributed by atoms with van der Waals surface area (Å²) in [6.45, 7) is 3.42. The Labute approximate surface area is 119 Å². The standard InChI is InChI=1S/C15H14BrF2N/c1-8-3-4-10(16)6-11(8)15(19)12-7-13(17)9(2)5-14(12)18/h3-7,15H,19H2,1-2H3. The minimum atomic E-state index is -0.687. The molecule has 0 bridgehead atoms. The Morgan fingerprint density at radius 3 is 2.32 bits per heavy atom. The van der Waals surface area contributed by atoms with Gasteiger partial charge in [-0.25, -0.2) is 8.78 Å². The molecule has 0 aliphatic heterocycles. The van der Waals surface area contributed by atoms with Crippen molar-refractivity contribution < 1.29 is 8.78 Å². The molecule has 0 aliphatic carbocycles. The molecule has 2 aromatic rings. The van der Waals surface area contributed by atoms with Crippen molar-refractivity contribution in [3.63, 3.8) is 0 Å². The largest absolute Gasteiger partial charge is 0.320 e. The van der Waals surface area contributed by atoms with Gasteiger partial charge in [-0.3, -0.25) is 0 Å². The molecule has 1 atom stereocenters.